The van der Waals surface area contributed by atoms with Crippen molar-refractivity contribution in [3.63, 3.8) is 0 Å². The minimum Gasteiger partial charge on any atom is -0.496 e. The highest BCUT2D eigenvalue weighted by molar-refractivity contribution is 5.91. The van der Waals surface area contributed by atoms with Crippen LogP contribution in [-0.2, 0) is 6.42 Å². The topological polar surface area (TPSA) is 33.0 Å². The van der Waals surface area contributed by atoms with E-state index < -0.39 is 0 Å². The second-order valence-electron chi connectivity index (χ2n) is 3.31. The van der Waals surface area contributed by atoms with E-state index >= 15 is 0 Å². The molecule has 0 saturated heterocycles. The Hall–Kier alpha value is -2.01. The van der Waals surface area contributed by atoms with Crippen molar-refractivity contribution in [3.8, 4) is 11.8 Å². The van der Waals surface area contributed by atoms with Gasteiger partial charge >= 0.3 is 0 Å². The molecule has 0 radical (unpaired) electrons. The molecule has 0 fully saturated rings. The number of benzene rings is 2. The smallest absolute Gasteiger partial charge is 0.126 e. The van der Waals surface area contributed by atoms with Gasteiger partial charge in [-0.2, -0.15) is 5.26 Å². The fourth-order valence-electron chi connectivity index (χ4n) is 1.78. The van der Waals surface area contributed by atoms with Gasteiger partial charge in [-0.3, -0.25) is 0 Å². The molecule has 0 aliphatic carbocycles. The maximum absolute atomic E-state index is 8.75. The van der Waals surface area contributed by atoms with Gasteiger partial charge < -0.3 is 4.74 Å². The fraction of sp³-hybridized carbons (Fsp3) is 0.154. The molecular weight excluding hydrogens is 186 g/mol. The van der Waals surface area contributed by atoms with Crippen LogP contribution in [0.5, 0.6) is 5.75 Å². The molecule has 0 aliphatic rings. The van der Waals surface area contributed by atoms with Crippen molar-refractivity contribution in [3.05, 3.63) is 42.0 Å². The normalized spacial score (nSPS) is 9.87. The molecule has 0 atom stereocenters. The predicted molar refractivity (Wildman–Crippen MR) is 59.8 cm³/mol. The summed E-state index contributed by atoms with van der Waals surface area (Å²) in [5, 5.41) is 10.9. The summed E-state index contributed by atoms with van der Waals surface area (Å²) in [5.41, 5.74) is 1.02. The highest BCUT2D eigenvalue weighted by atomic mass is 16.5. The number of fused-ring (bicyclic) bond motifs is 1. The molecule has 0 saturated carbocycles. The molecule has 2 rings (SSSR count). The fourth-order valence-corrected chi connectivity index (χ4v) is 1.78. The minimum absolute atomic E-state index is 0.414. The highest BCUT2D eigenvalue weighted by Gasteiger charge is 2.05. The average molecular weight is 197 g/mol. The molecule has 15 heavy (non-hydrogen) atoms. The van der Waals surface area contributed by atoms with Crippen molar-refractivity contribution >= 4 is 10.8 Å². The van der Waals surface area contributed by atoms with Crippen molar-refractivity contribution < 1.29 is 4.74 Å². The Morgan fingerprint density at radius 2 is 1.93 bits per heavy atom. The van der Waals surface area contributed by atoms with Crippen LogP contribution >= 0.6 is 0 Å². The maximum atomic E-state index is 8.75. The number of nitriles is 1. The van der Waals surface area contributed by atoms with E-state index in [1.165, 1.54) is 0 Å². The Morgan fingerprint density at radius 3 is 2.60 bits per heavy atom. The van der Waals surface area contributed by atoms with Gasteiger partial charge in [-0.15, -0.1) is 0 Å². The van der Waals surface area contributed by atoms with Crippen LogP contribution < -0.4 is 4.74 Å². The zero-order chi connectivity index (χ0) is 10.7. The molecule has 0 spiro atoms. The number of hydrogen-bond donors (Lipinski definition) is 0. The lowest BCUT2D eigenvalue weighted by Gasteiger charge is -2.08. The summed E-state index contributed by atoms with van der Waals surface area (Å²) in [6.07, 6.45) is 0.414. The Kier molecular flexibility index (Phi) is 2.55. The Labute approximate surface area is 88.7 Å². The van der Waals surface area contributed by atoms with E-state index in [2.05, 4.69) is 6.07 Å². The van der Waals surface area contributed by atoms with Gasteiger partial charge in [-0.25, -0.2) is 0 Å². The summed E-state index contributed by atoms with van der Waals surface area (Å²) in [6.45, 7) is 0. The van der Waals surface area contributed by atoms with Crippen molar-refractivity contribution in [2.45, 2.75) is 6.42 Å². The molecule has 0 N–H and O–H groups in total. The lowest BCUT2D eigenvalue weighted by molar-refractivity contribution is 0.419. The van der Waals surface area contributed by atoms with Crippen LogP contribution in [-0.4, -0.2) is 7.11 Å². The van der Waals surface area contributed by atoms with Gasteiger partial charge in [0.1, 0.15) is 5.75 Å². The first-order valence-electron chi connectivity index (χ1n) is 4.78. The van der Waals surface area contributed by atoms with Gasteiger partial charge in [0.25, 0.3) is 0 Å². The molecule has 0 bridgehead atoms. The van der Waals surface area contributed by atoms with E-state index in [0.29, 0.717) is 6.42 Å². The Balaban J connectivity index is 2.76. The van der Waals surface area contributed by atoms with Crippen LogP contribution in [0.3, 0.4) is 0 Å². The lowest BCUT2D eigenvalue weighted by atomic mass is 10.0. The molecule has 0 aliphatic heterocycles. The third-order valence-electron chi connectivity index (χ3n) is 2.44. The number of nitrogens with zero attached hydrogens (tertiary/aromatic N) is 1. The third kappa shape index (κ3) is 1.64. The van der Waals surface area contributed by atoms with Crippen molar-refractivity contribution in [2.75, 3.05) is 7.11 Å². The monoisotopic (exact) mass is 197 g/mol. The number of methoxy groups -OCH3 is 1. The van der Waals surface area contributed by atoms with E-state index in [1.807, 2.05) is 36.4 Å². The van der Waals surface area contributed by atoms with E-state index in [1.54, 1.807) is 7.11 Å². The summed E-state index contributed by atoms with van der Waals surface area (Å²) >= 11 is 0. The van der Waals surface area contributed by atoms with Gasteiger partial charge in [0.2, 0.25) is 0 Å². The molecule has 0 unspecified atom stereocenters. The van der Waals surface area contributed by atoms with Crippen molar-refractivity contribution in [1.29, 1.82) is 5.26 Å². The second kappa shape index (κ2) is 4.02. The zero-order valence-electron chi connectivity index (χ0n) is 8.53. The third-order valence-corrected chi connectivity index (χ3v) is 2.44. The van der Waals surface area contributed by atoms with Crippen LogP contribution in [0.2, 0.25) is 0 Å². The van der Waals surface area contributed by atoms with Crippen molar-refractivity contribution in [1.82, 2.24) is 0 Å². The van der Waals surface area contributed by atoms with Gasteiger partial charge in [-0.05, 0) is 17.0 Å². The highest BCUT2D eigenvalue weighted by Crippen LogP contribution is 2.28. The van der Waals surface area contributed by atoms with Crippen molar-refractivity contribution in [2.24, 2.45) is 0 Å². The van der Waals surface area contributed by atoms with Crippen LogP contribution in [0.1, 0.15) is 5.56 Å². The molecular formula is C13H11NO. The van der Waals surface area contributed by atoms with Crippen LogP contribution in [0.15, 0.2) is 36.4 Å². The standard InChI is InChI=1S/C13H11NO/c1-15-12-7-3-6-10-4-2-5-11(8-9-14)13(10)12/h2-7H,8H2,1H3. The summed E-state index contributed by atoms with van der Waals surface area (Å²) in [4.78, 5) is 0. The lowest BCUT2D eigenvalue weighted by Crippen LogP contribution is -1.89. The van der Waals surface area contributed by atoms with Crippen LogP contribution in [0, 0.1) is 11.3 Å². The first-order chi connectivity index (χ1) is 7.36. The SMILES string of the molecule is COc1cccc2cccc(CC#N)c12. The Morgan fingerprint density at radius 1 is 1.20 bits per heavy atom. The van der Waals surface area contributed by atoms with E-state index in [9.17, 15) is 0 Å². The molecule has 2 heteroatoms. The maximum Gasteiger partial charge on any atom is 0.126 e. The number of rotatable bonds is 2. The van der Waals surface area contributed by atoms with Gasteiger partial charge in [0.15, 0.2) is 0 Å². The van der Waals surface area contributed by atoms with E-state index in [4.69, 9.17) is 10.00 Å². The van der Waals surface area contributed by atoms with Crippen LogP contribution in [0.4, 0.5) is 0 Å². The molecule has 2 nitrogen and oxygen atoms in total. The molecule has 2 aromatic rings. The average Bonchev–Trinajstić information content (AvgIpc) is 2.29. The molecule has 0 aromatic heterocycles. The summed E-state index contributed by atoms with van der Waals surface area (Å²) < 4.78 is 5.31. The second-order valence-corrected chi connectivity index (χ2v) is 3.31. The van der Waals surface area contributed by atoms with Gasteiger partial charge in [0, 0.05) is 5.39 Å². The predicted octanol–water partition coefficient (Wildman–Crippen LogP) is 2.91. The summed E-state index contributed by atoms with van der Waals surface area (Å²) in [7, 11) is 1.65. The van der Waals surface area contributed by atoms with Gasteiger partial charge in [0.05, 0.1) is 19.6 Å². The van der Waals surface area contributed by atoms with E-state index in [-0.39, 0.29) is 0 Å². The minimum atomic E-state index is 0.414. The number of ether oxygens (including phenoxy) is 1. The molecule has 74 valence electrons. The summed E-state index contributed by atoms with van der Waals surface area (Å²) in [5.74, 6) is 0.832. The first-order valence-corrected chi connectivity index (χ1v) is 4.78. The zero-order valence-corrected chi connectivity index (χ0v) is 8.53. The molecule has 0 amide bonds. The van der Waals surface area contributed by atoms with E-state index in [0.717, 1.165) is 22.1 Å². The first kappa shape index (κ1) is 9.54. The molecule has 0 heterocycles. The van der Waals surface area contributed by atoms with Gasteiger partial charge in [-0.1, -0.05) is 30.3 Å². The van der Waals surface area contributed by atoms with Crippen LogP contribution in [0.25, 0.3) is 10.8 Å². The molecule has 2 aromatic carbocycles. The quantitative estimate of drug-likeness (QED) is 0.741. The largest absolute Gasteiger partial charge is 0.496 e. The summed E-state index contributed by atoms with van der Waals surface area (Å²) in [6, 6.07) is 14.0. The number of hydrogen-bond acceptors (Lipinski definition) is 2. The Bertz CT molecular complexity index is 520.